The summed E-state index contributed by atoms with van der Waals surface area (Å²) in [4.78, 5) is 12.7. The normalized spacial score (nSPS) is 10.6. The van der Waals surface area contributed by atoms with Crippen LogP contribution in [0.2, 0.25) is 0 Å². The smallest absolute Gasteiger partial charge is 0.225 e. The van der Waals surface area contributed by atoms with Crippen molar-refractivity contribution in [1.82, 2.24) is 5.32 Å². The molecule has 0 fully saturated rings. The van der Waals surface area contributed by atoms with E-state index in [1.54, 1.807) is 11.3 Å². The van der Waals surface area contributed by atoms with Crippen LogP contribution in [0.15, 0.2) is 17.5 Å². The van der Waals surface area contributed by atoms with Crippen molar-refractivity contribution in [2.75, 3.05) is 6.54 Å². The van der Waals surface area contributed by atoms with Crippen LogP contribution in [0.5, 0.6) is 0 Å². The maximum absolute atomic E-state index is 11.5. The predicted molar refractivity (Wildman–Crippen MR) is 65.1 cm³/mol. The predicted octanol–water partition coefficient (Wildman–Crippen LogP) is 2.84. The molecule has 0 saturated carbocycles. The monoisotopic (exact) mass is 225 g/mol. The van der Waals surface area contributed by atoms with Crippen LogP contribution in [0.1, 0.15) is 31.6 Å². The third kappa shape index (κ3) is 4.47. The largest absolute Gasteiger partial charge is 0.356 e. The lowest BCUT2D eigenvalue weighted by molar-refractivity contribution is -0.120. The molecule has 84 valence electrons. The van der Waals surface area contributed by atoms with Crippen LogP contribution in [0, 0.1) is 5.92 Å². The zero-order chi connectivity index (χ0) is 11.1. The molecule has 0 aliphatic rings. The molecule has 2 nitrogen and oxygen atoms in total. The van der Waals surface area contributed by atoms with Gasteiger partial charge in [0.05, 0.1) is 6.42 Å². The first-order valence-corrected chi connectivity index (χ1v) is 6.43. The summed E-state index contributed by atoms with van der Waals surface area (Å²) in [5, 5.41) is 4.99. The molecule has 0 aliphatic heterocycles. The Balaban J connectivity index is 2.24. The Morgan fingerprint density at radius 2 is 2.20 bits per heavy atom. The van der Waals surface area contributed by atoms with Gasteiger partial charge in [-0.05, 0) is 17.4 Å². The molecule has 1 aromatic heterocycles. The van der Waals surface area contributed by atoms with Gasteiger partial charge in [-0.15, -0.1) is 11.3 Å². The molecule has 0 atom stereocenters. The number of rotatable bonds is 6. The number of hydrogen-bond donors (Lipinski definition) is 1. The topological polar surface area (TPSA) is 29.1 Å². The van der Waals surface area contributed by atoms with Crippen LogP contribution >= 0.6 is 11.3 Å². The Hall–Kier alpha value is -0.830. The van der Waals surface area contributed by atoms with Gasteiger partial charge in [0, 0.05) is 11.4 Å². The lowest BCUT2D eigenvalue weighted by Crippen LogP contribution is -2.29. The molecule has 0 unspecified atom stereocenters. The lowest BCUT2D eigenvalue weighted by atomic mass is 10.0. The van der Waals surface area contributed by atoms with Gasteiger partial charge in [0.15, 0.2) is 0 Å². The van der Waals surface area contributed by atoms with E-state index in [4.69, 9.17) is 0 Å². The molecule has 0 saturated heterocycles. The van der Waals surface area contributed by atoms with E-state index < -0.39 is 0 Å². The first-order valence-electron chi connectivity index (χ1n) is 5.55. The molecule has 0 bridgehead atoms. The molecule has 1 amide bonds. The van der Waals surface area contributed by atoms with Crippen molar-refractivity contribution < 1.29 is 4.79 Å². The lowest BCUT2D eigenvalue weighted by Gasteiger charge is -2.12. The van der Waals surface area contributed by atoms with Gasteiger partial charge in [-0.3, -0.25) is 4.79 Å². The van der Waals surface area contributed by atoms with Gasteiger partial charge in [0.25, 0.3) is 0 Å². The second-order valence-corrected chi connectivity index (χ2v) is 4.77. The van der Waals surface area contributed by atoms with Gasteiger partial charge in [0.2, 0.25) is 5.91 Å². The summed E-state index contributed by atoms with van der Waals surface area (Å²) in [6.07, 6.45) is 2.80. The summed E-state index contributed by atoms with van der Waals surface area (Å²) >= 11 is 1.64. The fraction of sp³-hybridized carbons (Fsp3) is 0.583. The fourth-order valence-electron chi connectivity index (χ4n) is 1.47. The van der Waals surface area contributed by atoms with Gasteiger partial charge < -0.3 is 5.32 Å². The first-order chi connectivity index (χ1) is 7.26. The van der Waals surface area contributed by atoms with Crippen molar-refractivity contribution in [2.45, 2.75) is 33.1 Å². The Morgan fingerprint density at radius 1 is 1.47 bits per heavy atom. The third-order valence-corrected chi connectivity index (χ3v) is 3.53. The molecule has 0 aromatic carbocycles. The highest BCUT2D eigenvalue weighted by Crippen LogP contribution is 2.09. The first kappa shape index (κ1) is 12.2. The molecule has 1 N–H and O–H groups in total. The third-order valence-electron chi connectivity index (χ3n) is 2.66. The summed E-state index contributed by atoms with van der Waals surface area (Å²) in [7, 11) is 0. The minimum Gasteiger partial charge on any atom is -0.356 e. The maximum Gasteiger partial charge on any atom is 0.225 e. The highest BCUT2D eigenvalue weighted by Gasteiger charge is 2.07. The number of hydrogen-bond acceptors (Lipinski definition) is 2. The number of carbonyl (C=O) groups is 1. The summed E-state index contributed by atoms with van der Waals surface area (Å²) < 4.78 is 0. The minimum absolute atomic E-state index is 0.143. The summed E-state index contributed by atoms with van der Waals surface area (Å²) in [6.45, 7) is 5.15. The van der Waals surface area contributed by atoms with Crippen LogP contribution in [0.4, 0.5) is 0 Å². The minimum atomic E-state index is 0.143. The van der Waals surface area contributed by atoms with Crippen molar-refractivity contribution in [3.63, 3.8) is 0 Å². The summed E-state index contributed by atoms with van der Waals surface area (Å²) in [5.41, 5.74) is 0. The van der Waals surface area contributed by atoms with Gasteiger partial charge in [-0.1, -0.05) is 32.8 Å². The summed E-state index contributed by atoms with van der Waals surface area (Å²) in [6, 6.07) is 3.98. The highest BCUT2D eigenvalue weighted by atomic mass is 32.1. The summed E-state index contributed by atoms with van der Waals surface area (Å²) in [5.74, 6) is 0.765. The van der Waals surface area contributed by atoms with Crippen LogP contribution in [0.25, 0.3) is 0 Å². The van der Waals surface area contributed by atoms with Crippen LogP contribution in [-0.2, 0) is 11.2 Å². The van der Waals surface area contributed by atoms with Gasteiger partial charge >= 0.3 is 0 Å². The number of amides is 1. The van der Waals surface area contributed by atoms with E-state index in [9.17, 15) is 4.79 Å². The standard InChI is InChI=1S/C12H19NOS/c1-3-10(4-2)9-13-12(14)8-11-6-5-7-15-11/h5-7,10H,3-4,8-9H2,1-2H3,(H,13,14). The molecule has 0 aliphatic carbocycles. The molecule has 0 spiro atoms. The Labute approximate surface area is 95.7 Å². The zero-order valence-electron chi connectivity index (χ0n) is 9.45. The molecule has 1 rings (SSSR count). The molecular weight excluding hydrogens is 206 g/mol. The van der Waals surface area contributed by atoms with Crippen molar-refractivity contribution in [3.05, 3.63) is 22.4 Å². The van der Waals surface area contributed by atoms with E-state index in [1.807, 2.05) is 17.5 Å². The zero-order valence-corrected chi connectivity index (χ0v) is 10.3. The number of nitrogens with one attached hydrogen (secondary N) is 1. The van der Waals surface area contributed by atoms with E-state index >= 15 is 0 Å². The second kappa shape index (κ2) is 6.62. The average Bonchev–Trinajstić information content (AvgIpc) is 2.72. The quantitative estimate of drug-likeness (QED) is 0.792. The Bertz CT molecular complexity index is 278. The van der Waals surface area contributed by atoms with E-state index in [0.717, 1.165) is 24.3 Å². The molecule has 1 aromatic rings. The Morgan fingerprint density at radius 3 is 2.73 bits per heavy atom. The van der Waals surface area contributed by atoms with Crippen LogP contribution in [0.3, 0.4) is 0 Å². The maximum atomic E-state index is 11.5. The second-order valence-electron chi connectivity index (χ2n) is 3.74. The molecule has 15 heavy (non-hydrogen) atoms. The van der Waals surface area contributed by atoms with Crippen LogP contribution in [-0.4, -0.2) is 12.5 Å². The van der Waals surface area contributed by atoms with Crippen molar-refractivity contribution in [2.24, 2.45) is 5.92 Å². The fourth-order valence-corrected chi connectivity index (χ4v) is 2.17. The van der Waals surface area contributed by atoms with Gasteiger partial charge in [0.1, 0.15) is 0 Å². The molecular formula is C12H19NOS. The molecule has 0 radical (unpaired) electrons. The van der Waals surface area contributed by atoms with Crippen molar-refractivity contribution >= 4 is 17.2 Å². The van der Waals surface area contributed by atoms with E-state index in [-0.39, 0.29) is 5.91 Å². The van der Waals surface area contributed by atoms with E-state index in [0.29, 0.717) is 12.3 Å². The number of thiophene rings is 1. The molecule has 1 heterocycles. The highest BCUT2D eigenvalue weighted by molar-refractivity contribution is 7.10. The van der Waals surface area contributed by atoms with E-state index in [2.05, 4.69) is 19.2 Å². The van der Waals surface area contributed by atoms with Crippen molar-refractivity contribution in [1.29, 1.82) is 0 Å². The average molecular weight is 225 g/mol. The SMILES string of the molecule is CCC(CC)CNC(=O)Cc1cccs1. The molecule has 3 heteroatoms. The van der Waals surface area contributed by atoms with Gasteiger partial charge in [-0.2, -0.15) is 0 Å². The number of carbonyl (C=O) groups excluding carboxylic acids is 1. The Kier molecular flexibility index (Phi) is 5.40. The van der Waals surface area contributed by atoms with Crippen LogP contribution < -0.4 is 5.32 Å². The van der Waals surface area contributed by atoms with E-state index in [1.165, 1.54) is 0 Å². The van der Waals surface area contributed by atoms with Crippen molar-refractivity contribution in [3.8, 4) is 0 Å². The van der Waals surface area contributed by atoms with Gasteiger partial charge in [-0.25, -0.2) is 0 Å².